The van der Waals surface area contributed by atoms with Crippen molar-refractivity contribution >= 4 is 11.8 Å². The van der Waals surface area contributed by atoms with Crippen molar-refractivity contribution in [2.75, 3.05) is 18.0 Å². The van der Waals surface area contributed by atoms with Crippen LogP contribution in [0.4, 0.5) is 5.82 Å². The fraction of sp³-hybridized carbons (Fsp3) is 0.333. The molecule has 76 valence electrons. The van der Waals surface area contributed by atoms with Crippen LogP contribution in [0.3, 0.4) is 0 Å². The lowest BCUT2D eigenvalue weighted by atomic mass is 10.0. The lowest BCUT2D eigenvalue weighted by Crippen LogP contribution is -2.50. The van der Waals surface area contributed by atoms with Crippen LogP contribution in [0.2, 0.25) is 0 Å². The summed E-state index contributed by atoms with van der Waals surface area (Å²) in [6.45, 7) is 0.859. The molecule has 0 radical (unpaired) electrons. The minimum absolute atomic E-state index is 0.336. The van der Waals surface area contributed by atoms with Crippen LogP contribution in [0.15, 0.2) is 12.3 Å². The van der Waals surface area contributed by atoms with Crippen LogP contribution in [-0.2, 0) is 4.79 Å². The Kier molecular flexibility index (Phi) is 2.21. The van der Waals surface area contributed by atoms with E-state index in [-0.39, 0.29) is 5.92 Å². The second-order valence-corrected chi connectivity index (χ2v) is 3.35. The van der Waals surface area contributed by atoms with Crippen LogP contribution in [0, 0.1) is 17.2 Å². The van der Waals surface area contributed by atoms with E-state index in [1.807, 2.05) is 6.07 Å². The number of carboxylic acids is 1. The van der Waals surface area contributed by atoms with E-state index in [0.717, 1.165) is 0 Å². The minimum Gasteiger partial charge on any atom is -0.481 e. The number of hydrogen-bond acceptors (Lipinski definition) is 5. The van der Waals surface area contributed by atoms with Crippen LogP contribution in [-0.4, -0.2) is 34.4 Å². The molecule has 0 aliphatic carbocycles. The monoisotopic (exact) mass is 204 g/mol. The van der Waals surface area contributed by atoms with E-state index in [2.05, 4.69) is 10.2 Å². The zero-order valence-electron chi connectivity index (χ0n) is 7.79. The van der Waals surface area contributed by atoms with E-state index in [1.54, 1.807) is 11.0 Å². The predicted octanol–water partition coefficient (Wildman–Crippen LogP) is -0.131. The number of anilines is 1. The second kappa shape index (κ2) is 3.53. The van der Waals surface area contributed by atoms with E-state index in [0.29, 0.717) is 24.5 Å². The normalized spacial score (nSPS) is 15.5. The molecule has 1 N–H and O–H groups in total. The zero-order valence-corrected chi connectivity index (χ0v) is 7.79. The van der Waals surface area contributed by atoms with Gasteiger partial charge in [-0.15, -0.1) is 5.10 Å². The maximum atomic E-state index is 10.6. The van der Waals surface area contributed by atoms with Gasteiger partial charge in [-0.2, -0.15) is 10.4 Å². The number of carbonyl (C=O) groups is 1. The highest BCUT2D eigenvalue weighted by molar-refractivity contribution is 5.74. The van der Waals surface area contributed by atoms with Gasteiger partial charge in [0.25, 0.3) is 0 Å². The molecule has 1 aliphatic rings. The third-order valence-electron chi connectivity index (χ3n) is 2.33. The van der Waals surface area contributed by atoms with E-state index in [9.17, 15) is 4.79 Å². The summed E-state index contributed by atoms with van der Waals surface area (Å²) >= 11 is 0. The first kappa shape index (κ1) is 9.40. The Hall–Kier alpha value is -2.16. The third-order valence-corrected chi connectivity index (χ3v) is 2.33. The summed E-state index contributed by atoms with van der Waals surface area (Å²) in [6, 6.07) is 3.56. The molecule has 6 nitrogen and oxygen atoms in total. The minimum atomic E-state index is -0.796. The first-order valence-electron chi connectivity index (χ1n) is 4.41. The highest BCUT2D eigenvalue weighted by Gasteiger charge is 2.33. The van der Waals surface area contributed by atoms with Gasteiger partial charge in [-0.05, 0) is 0 Å². The maximum Gasteiger partial charge on any atom is 0.310 e. The molecule has 15 heavy (non-hydrogen) atoms. The SMILES string of the molecule is N#Cc1cnnc(N2CC(C(=O)O)C2)c1. The summed E-state index contributed by atoms with van der Waals surface area (Å²) in [6.07, 6.45) is 1.37. The smallest absolute Gasteiger partial charge is 0.310 e. The highest BCUT2D eigenvalue weighted by Crippen LogP contribution is 2.22. The van der Waals surface area contributed by atoms with Gasteiger partial charge in [0.1, 0.15) is 6.07 Å². The van der Waals surface area contributed by atoms with Crippen molar-refractivity contribution in [2.45, 2.75) is 0 Å². The molecule has 1 aliphatic heterocycles. The van der Waals surface area contributed by atoms with Crippen molar-refractivity contribution in [1.82, 2.24) is 10.2 Å². The fourth-order valence-electron chi connectivity index (χ4n) is 1.39. The largest absolute Gasteiger partial charge is 0.481 e. The van der Waals surface area contributed by atoms with Gasteiger partial charge in [0, 0.05) is 19.2 Å². The standard InChI is InChI=1S/C9H8N4O2/c10-2-6-1-8(12-11-3-6)13-4-7(5-13)9(14)15/h1,3,7H,4-5H2,(H,14,15). The van der Waals surface area contributed by atoms with E-state index in [4.69, 9.17) is 10.4 Å². The Morgan fingerprint density at radius 2 is 2.40 bits per heavy atom. The van der Waals surface area contributed by atoms with Crippen molar-refractivity contribution in [1.29, 1.82) is 5.26 Å². The summed E-state index contributed by atoms with van der Waals surface area (Å²) < 4.78 is 0. The van der Waals surface area contributed by atoms with E-state index in [1.165, 1.54) is 6.20 Å². The topological polar surface area (TPSA) is 90.1 Å². The van der Waals surface area contributed by atoms with Crippen molar-refractivity contribution in [3.63, 3.8) is 0 Å². The average molecular weight is 204 g/mol. The zero-order chi connectivity index (χ0) is 10.8. The number of aromatic nitrogens is 2. The van der Waals surface area contributed by atoms with Gasteiger partial charge in [0.2, 0.25) is 0 Å². The molecule has 0 saturated carbocycles. The van der Waals surface area contributed by atoms with Gasteiger partial charge >= 0.3 is 5.97 Å². The molecule has 0 unspecified atom stereocenters. The molecule has 6 heteroatoms. The quantitative estimate of drug-likeness (QED) is 0.721. The number of hydrogen-bond donors (Lipinski definition) is 1. The summed E-state index contributed by atoms with van der Waals surface area (Å²) in [5, 5.41) is 24.8. The Labute approximate surface area is 85.8 Å². The molecule has 2 rings (SSSR count). The van der Waals surface area contributed by atoms with Gasteiger partial charge in [0.15, 0.2) is 5.82 Å². The van der Waals surface area contributed by atoms with Gasteiger partial charge < -0.3 is 10.0 Å². The van der Waals surface area contributed by atoms with Gasteiger partial charge in [-0.25, -0.2) is 0 Å². The molecule has 0 bridgehead atoms. The number of rotatable bonds is 2. The Morgan fingerprint density at radius 1 is 1.67 bits per heavy atom. The molecule has 0 amide bonds. The van der Waals surface area contributed by atoms with Crippen molar-refractivity contribution < 1.29 is 9.90 Å². The molecule has 1 aromatic heterocycles. The van der Waals surface area contributed by atoms with Crippen LogP contribution in [0.25, 0.3) is 0 Å². The lowest BCUT2D eigenvalue weighted by molar-refractivity contribution is -0.142. The molecular weight excluding hydrogens is 196 g/mol. The number of nitriles is 1. The lowest BCUT2D eigenvalue weighted by Gasteiger charge is -2.37. The molecular formula is C9H8N4O2. The molecule has 1 aromatic rings. The van der Waals surface area contributed by atoms with Crippen molar-refractivity contribution in [3.8, 4) is 6.07 Å². The average Bonchev–Trinajstić information content (AvgIpc) is 2.15. The van der Waals surface area contributed by atoms with Crippen LogP contribution in [0.5, 0.6) is 0 Å². The molecule has 0 spiro atoms. The summed E-state index contributed by atoms with van der Waals surface area (Å²) in [7, 11) is 0. The summed E-state index contributed by atoms with van der Waals surface area (Å²) in [5.41, 5.74) is 0.429. The van der Waals surface area contributed by atoms with Crippen LogP contribution >= 0.6 is 0 Å². The van der Waals surface area contributed by atoms with Crippen LogP contribution in [0.1, 0.15) is 5.56 Å². The summed E-state index contributed by atoms with van der Waals surface area (Å²) in [4.78, 5) is 12.4. The van der Waals surface area contributed by atoms with Crippen molar-refractivity contribution in [2.24, 2.45) is 5.92 Å². The fourth-order valence-corrected chi connectivity index (χ4v) is 1.39. The maximum absolute atomic E-state index is 10.6. The first-order chi connectivity index (χ1) is 7.20. The first-order valence-corrected chi connectivity index (χ1v) is 4.41. The Balaban J connectivity index is 2.07. The Morgan fingerprint density at radius 3 is 3.00 bits per heavy atom. The molecule has 1 saturated heterocycles. The van der Waals surface area contributed by atoms with Crippen LogP contribution < -0.4 is 4.90 Å². The second-order valence-electron chi connectivity index (χ2n) is 3.35. The molecule has 1 fully saturated rings. The summed E-state index contributed by atoms with van der Waals surface area (Å²) in [5.74, 6) is -0.570. The predicted molar refractivity (Wildman–Crippen MR) is 50.1 cm³/mol. The molecule has 0 aromatic carbocycles. The van der Waals surface area contributed by atoms with E-state index >= 15 is 0 Å². The van der Waals surface area contributed by atoms with Crippen molar-refractivity contribution in [3.05, 3.63) is 17.8 Å². The molecule has 2 heterocycles. The van der Waals surface area contributed by atoms with Gasteiger partial charge in [-0.3, -0.25) is 4.79 Å². The van der Waals surface area contributed by atoms with E-state index < -0.39 is 5.97 Å². The Bertz CT molecular complexity index is 434. The van der Waals surface area contributed by atoms with Gasteiger partial charge in [0.05, 0.1) is 17.7 Å². The number of aliphatic carboxylic acids is 1. The molecule has 0 atom stereocenters. The number of nitrogens with zero attached hydrogens (tertiary/aromatic N) is 4. The van der Waals surface area contributed by atoms with Gasteiger partial charge in [-0.1, -0.05) is 0 Å². The highest BCUT2D eigenvalue weighted by atomic mass is 16.4. The number of carboxylic acid groups (broad SMARTS) is 1. The third kappa shape index (κ3) is 1.72.